The van der Waals surface area contributed by atoms with Crippen molar-refractivity contribution < 1.29 is 4.74 Å². The standard InChI is InChI=1S/C14H16N4OS/c1-9-4-5-12(19-3)11(8-9)17-14(20)18-13-15-7-6-10(2)16-13/h4-8H,1-3H3,(H2,15,16,17,18,20). The molecule has 2 rings (SSSR count). The molecule has 6 heteroatoms. The van der Waals surface area contributed by atoms with Gasteiger partial charge in [0.2, 0.25) is 5.95 Å². The third-order valence-corrected chi connectivity index (χ3v) is 2.83. The zero-order valence-electron chi connectivity index (χ0n) is 11.6. The van der Waals surface area contributed by atoms with E-state index in [1.165, 1.54) is 0 Å². The number of aromatic nitrogens is 2. The minimum atomic E-state index is 0.416. The van der Waals surface area contributed by atoms with Gasteiger partial charge >= 0.3 is 0 Å². The molecule has 0 spiro atoms. The van der Waals surface area contributed by atoms with E-state index in [2.05, 4.69) is 20.6 Å². The van der Waals surface area contributed by atoms with E-state index in [-0.39, 0.29) is 0 Å². The monoisotopic (exact) mass is 288 g/mol. The van der Waals surface area contributed by atoms with Crippen LogP contribution >= 0.6 is 12.2 Å². The molecule has 0 saturated carbocycles. The summed E-state index contributed by atoms with van der Waals surface area (Å²) in [6.45, 7) is 3.90. The van der Waals surface area contributed by atoms with Crippen LogP contribution in [0.3, 0.4) is 0 Å². The molecule has 2 aromatic rings. The molecule has 0 aliphatic rings. The van der Waals surface area contributed by atoms with Crippen LogP contribution in [0.25, 0.3) is 0 Å². The average molecular weight is 288 g/mol. The third-order valence-electron chi connectivity index (χ3n) is 2.62. The lowest BCUT2D eigenvalue weighted by Crippen LogP contribution is -2.21. The molecular formula is C14H16N4OS. The van der Waals surface area contributed by atoms with Crippen LogP contribution in [0, 0.1) is 13.8 Å². The van der Waals surface area contributed by atoms with Crippen molar-refractivity contribution in [2.75, 3.05) is 17.7 Å². The predicted octanol–water partition coefficient (Wildman–Crippen LogP) is 2.91. The Hall–Kier alpha value is -2.21. The second kappa shape index (κ2) is 6.29. The topological polar surface area (TPSA) is 59.1 Å². The van der Waals surface area contributed by atoms with Gasteiger partial charge in [-0.2, -0.15) is 0 Å². The highest BCUT2D eigenvalue weighted by molar-refractivity contribution is 7.80. The second-order valence-corrected chi connectivity index (χ2v) is 4.71. The van der Waals surface area contributed by atoms with E-state index in [9.17, 15) is 0 Å². The molecule has 0 atom stereocenters. The maximum Gasteiger partial charge on any atom is 0.229 e. The fourth-order valence-corrected chi connectivity index (χ4v) is 1.89. The van der Waals surface area contributed by atoms with Gasteiger partial charge in [0, 0.05) is 11.9 Å². The van der Waals surface area contributed by atoms with Gasteiger partial charge in [0.15, 0.2) is 5.11 Å². The van der Waals surface area contributed by atoms with Crippen molar-refractivity contribution in [2.24, 2.45) is 0 Å². The number of nitrogens with one attached hydrogen (secondary N) is 2. The molecule has 0 aliphatic heterocycles. The fraction of sp³-hybridized carbons (Fsp3) is 0.214. The zero-order chi connectivity index (χ0) is 14.5. The minimum absolute atomic E-state index is 0.416. The first-order chi connectivity index (χ1) is 9.58. The number of methoxy groups -OCH3 is 1. The van der Waals surface area contributed by atoms with E-state index in [0.29, 0.717) is 11.1 Å². The summed E-state index contributed by atoms with van der Waals surface area (Å²) >= 11 is 5.25. The highest BCUT2D eigenvalue weighted by atomic mass is 32.1. The summed E-state index contributed by atoms with van der Waals surface area (Å²) in [5, 5.41) is 6.45. The van der Waals surface area contributed by atoms with Gasteiger partial charge in [0.25, 0.3) is 0 Å². The quantitative estimate of drug-likeness (QED) is 0.847. The van der Waals surface area contributed by atoms with E-state index in [0.717, 1.165) is 22.7 Å². The molecule has 1 aromatic carbocycles. The molecule has 0 radical (unpaired) electrons. The van der Waals surface area contributed by atoms with E-state index in [1.54, 1.807) is 13.3 Å². The van der Waals surface area contributed by atoms with Crippen molar-refractivity contribution in [3.8, 4) is 5.75 Å². The summed E-state index contributed by atoms with van der Waals surface area (Å²) in [6, 6.07) is 7.66. The lowest BCUT2D eigenvalue weighted by atomic mass is 10.2. The molecule has 1 heterocycles. The summed E-state index contributed by atoms with van der Waals surface area (Å²) in [6.07, 6.45) is 1.68. The number of nitrogens with zero attached hydrogens (tertiary/aromatic N) is 2. The Labute approximate surface area is 123 Å². The van der Waals surface area contributed by atoms with Gasteiger partial charge in [-0.15, -0.1) is 0 Å². The lowest BCUT2D eigenvalue weighted by Gasteiger charge is -2.13. The van der Waals surface area contributed by atoms with Gasteiger partial charge in [0.1, 0.15) is 5.75 Å². The smallest absolute Gasteiger partial charge is 0.229 e. The van der Waals surface area contributed by atoms with Gasteiger partial charge in [-0.3, -0.25) is 0 Å². The molecule has 1 aromatic heterocycles. The van der Waals surface area contributed by atoms with Crippen molar-refractivity contribution >= 4 is 29.0 Å². The highest BCUT2D eigenvalue weighted by Crippen LogP contribution is 2.25. The van der Waals surface area contributed by atoms with E-state index < -0.39 is 0 Å². The summed E-state index contributed by atoms with van der Waals surface area (Å²) in [4.78, 5) is 8.33. The molecule has 0 fully saturated rings. The zero-order valence-corrected chi connectivity index (χ0v) is 12.4. The number of hydrogen-bond acceptors (Lipinski definition) is 4. The Bertz CT molecular complexity index is 630. The molecule has 0 bridgehead atoms. The average Bonchev–Trinajstić information content (AvgIpc) is 2.38. The number of hydrogen-bond donors (Lipinski definition) is 2. The second-order valence-electron chi connectivity index (χ2n) is 4.30. The van der Waals surface area contributed by atoms with Crippen molar-refractivity contribution in [2.45, 2.75) is 13.8 Å². The molecule has 20 heavy (non-hydrogen) atoms. The first kappa shape index (κ1) is 14.2. The Balaban J connectivity index is 2.10. The molecule has 0 amide bonds. The van der Waals surface area contributed by atoms with Gasteiger partial charge in [-0.25, -0.2) is 9.97 Å². The van der Waals surface area contributed by atoms with E-state index in [4.69, 9.17) is 17.0 Å². The Kier molecular flexibility index (Phi) is 4.47. The van der Waals surface area contributed by atoms with Crippen LogP contribution in [0.4, 0.5) is 11.6 Å². The maximum atomic E-state index is 5.29. The molecular weight excluding hydrogens is 272 g/mol. The van der Waals surface area contributed by atoms with Gasteiger partial charge < -0.3 is 15.4 Å². The largest absolute Gasteiger partial charge is 0.495 e. The van der Waals surface area contributed by atoms with Crippen molar-refractivity contribution in [1.82, 2.24) is 9.97 Å². The Morgan fingerprint density at radius 1 is 1.20 bits per heavy atom. The molecule has 0 unspecified atom stereocenters. The van der Waals surface area contributed by atoms with Gasteiger partial charge in [0.05, 0.1) is 12.8 Å². The summed E-state index contributed by atoms with van der Waals surface area (Å²) < 4.78 is 5.29. The highest BCUT2D eigenvalue weighted by Gasteiger charge is 2.06. The first-order valence-electron chi connectivity index (χ1n) is 6.11. The molecule has 5 nitrogen and oxygen atoms in total. The molecule has 2 N–H and O–H groups in total. The van der Waals surface area contributed by atoms with Crippen LogP contribution in [0.15, 0.2) is 30.5 Å². The molecule has 0 saturated heterocycles. The fourth-order valence-electron chi connectivity index (χ4n) is 1.68. The Morgan fingerprint density at radius 2 is 2.00 bits per heavy atom. The van der Waals surface area contributed by atoms with Crippen LogP contribution in [0.2, 0.25) is 0 Å². The van der Waals surface area contributed by atoms with Crippen LogP contribution in [0.1, 0.15) is 11.3 Å². The SMILES string of the molecule is COc1ccc(C)cc1NC(=S)Nc1nccc(C)n1. The third kappa shape index (κ3) is 3.64. The van der Waals surface area contributed by atoms with Gasteiger partial charge in [-0.1, -0.05) is 6.07 Å². The normalized spacial score (nSPS) is 9.95. The van der Waals surface area contributed by atoms with Crippen LogP contribution in [-0.2, 0) is 0 Å². The number of rotatable bonds is 3. The minimum Gasteiger partial charge on any atom is -0.495 e. The first-order valence-corrected chi connectivity index (χ1v) is 6.51. The summed E-state index contributed by atoms with van der Waals surface area (Å²) in [7, 11) is 1.62. The van der Waals surface area contributed by atoms with E-state index >= 15 is 0 Å². The molecule has 104 valence electrons. The van der Waals surface area contributed by atoms with Gasteiger partial charge in [-0.05, 0) is 49.8 Å². The number of thiocarbonyl (C=S) groups is 1. The summed E-state index contributed by atoms with van der Waals surface area (Å²) in [5.74, 6) is 1.19. The van der Waals surface area contributed by atoms with Crippen LogP contribution in [0.5, 0.6) is 5.75 Å². The maximum absolute atomic E-state index is 5.29. The predicted molar refractivity (Wildman–Crippen MR) is 84.3 cm³/mol. The van der Waals surface area contributed by atoms with Crippen molar-refractivity contribution in [3.05, 3.63) is 41.7 Å². The van der Waals surface area contributed by atoms with Crippen LogP contribution in [-0.4, -0.2) is 22.2 Å². The lowest BCUT2D eigenvalue weighted by molar-refractivity contribution is 0.417. The van der Waals surface area contributed by atoms with E-state index in [1.807, 2.05) is 38.1 Å². The molecule has 0 aliphatic carbocycles. The van der Waals surface area contributed by atoms with Crippen LogP contribution < -0.4 is 15.4 Å². The number of anilines is 2. The Morgan fingerprint density at radius 3 is 2.70 bits per heavy atom. The number of ether oxygens (including phenoxy) is 1. The number of benzene rings is 1. The van der Waals surface area contributed by atoms with Crippen molar-refractivity contribution in [1.29, 1.82) is 0 Å². The summed E-state index contributed by atoms with van der Waals surface area (Å²) in [5.41, 5.74) is 2.79. The van der Waals surface area contributed by atoms with Crippen molar-refractivity contribution in [3.63, 3.8) is 0 Å². The number of aryl methyl sites for hydroxylation is 2.